The molecule has 1 aromatic heterocycles. The van der Waals surface area contributed by atoms with Crippen LogP contribution in [0.15, 0.2) is 74.6 Å². The highest BCUT2D eigenvalue weighted by Crippen LogP contribution is 2.23. The lowest BCUT2D eigenvalue weighted by Crippen LogP contribution is -2.17. The molecule has 0 atom stereocenters. The van der Waals surface area contributed by atoms with Gasteiger partial charge in [-0.15, -0.1) is 12.6 Å². The third kappa shape index (κ3) is 5.29. The topological polar surface area (TPSA) is 137 Å². The molecule has 164 valence electrons. The molecule has 0 aliphatic carbocycles. The Morgan fingerprint density at radius 1 is 1.03 bits per heavy atom. The minimum atomic E-state index is -3.92. The predicted molar refractivity (Wildman–Crippen MR) is 124 cm³/mol. The average molecular weight is 470 g/mol. The Bertz CT molecular complexity index is 1310. The Hall–Kier alpha value is -3.75. The summed E-state index contributed by atoms with van der Waals surface area (Å²) in [7, 11) is -3.92. The first kappa shape index (κ1) is 22.9. The lowest BCUT2D eigenvalue weighted by atomic mass is 10.2. The number of hydrogen-bond acceptors (Lipinski definition) is 8. The quantitative estimate of drug-likeness (QED) is 0.235. The molecule has 0 saturated carbocycles. The van der Waals surface area contributed by atoms with E-state index in [2.05, 4.69) is 33.1 Å². The molecule has 1 amide bonds. The van der Waals surface area contributed by atoms with Crippen LogP contribution in [0.5, 0.6) is 0 Å². The van der Waals surface area contributed by atoms with Gasteiger partial charge in [0.25, 0.3) is 15.9 Å². The van der Waals surface area contributed by atoms with Crippen LogP contribution in [0.1, 0.15) is 11.3 Å². The Kier molecular flexibility index (Phi) is 6.87. The van der Waals surface area contributed by atoms with Crippen molar-refractivity contribution >= 4 is 45.8 Å². The van der Waals surface area contributed by atoms with E-state index in [9.17, 15) is 18.5 Å². The van der Waals surface area contributed by atoms with Crippen LogP contribution < -0.4 is 15.4 Å². The van der Waals surface area contributed by atoms with Crippen LogP contribution >= 0.6 is 12.6 Å². The molecule has 3 N–H and O–H groups in total. The Balaban J connectivity index is 1.73. The molecule has 3 aromatic rings. The number of para-hydroxylation sites is 1. The maximum atomic E-state index is 12.6. The van der Waals surface area contributed by atoms with Crippen LogP contribution in [-0.2, 0) is 14.8 Å². The summed E-state index contributed by atoms with van der Waals surface area (Å²) in [6, 6.07) is 16.2. The van der Waals surface area contributed by atoms with Crippen molar-refractivity contribution in [3.8, 4) is 6.07 Å². The van der Waals surface area contributed by atoms with Crippen molar-refractivity contribution in [2.75, 3.05) is 15.4 Å². The molecule has 0 saturated heterocycles. The second-order valence-electron chi connectivity index (χ2n) is 6.63. The number of nitriles is 1. The normalized spacial score (nSPS) is 11.8. The monoisotopic (exact) mass is 469 g/mol. The van der Waals surface area contributed by atoms with Gasteiger partial charge in [-0.2, -0.15) is 5.26 Å². The molecule has 2 aromatic carbocycles. The summed E-state index contributed by atoms with van der Waals surface area (Å²) < 4.78 is 32.4. The number of aryl methyl sites for hydroxylation is 1. The zero-order valence-electron chi connectivity index (χ0n) is 17.1. The lowest BCUT2D eigenvalue weighted by Gasteiger charge is -2.10. The minimum Gasteiger partial charge on any atom is -0.349 e. The molecule has 0 unspecified atom stereocenters. The van der Waals surface area contributed by atoms with E-state index in [1.165, 1.54) is 24.3 Å². The van der Waals surface area contributed by atoms with Crippen LogP contribution in [0.2, 0.25) is 0 Å². The summed E-state index contributed by atoms with van der Waals surface area (Å²) in [5.74, 6) is -0.654. The minimum absolute atomic E-state index is 0.0379. The van der Waals surface area contributed by atoms with Crippen LogP contribution in [0, 0.1) is 25.2 Å². The zero-order valence-corrected chi connectivity index (χ0v) is 18.8. The molecule has 0 aliphatic rings. The summed E-state index contributed by atoms with van der Waals surface area (Å²) in [5.41, 5.74) is 1.89. The second-order valence-corrected chi connectivity index (χ2v) is 8.76. The number of carbonyl (C=O) groups is 1. The molecular formula is C21H19N5O4S2. The van der Waals surface area contributed by atoms with Crippen molar-refractivity contribution in [1.29, 1.82) is 5.26 Å². The fraction of sp³-hybridized carbons (Fsp3) is 0.0952. The molecule has 0 aliphatic heterocycles. The van der Waals surface area contributed by atoms with Gasteiger partial charge in [-0.1, -0.05) is 23.4 Å². The molecular weight excluding hydrogens is 450 g/mol. The maximum Gasteiger partial charge on any atom is 0.269 e. The summed E-state index contributed by atoms with van der Waals surface area (Å²) in [4.78, 5) is 12.5. The zero-order chi connectivity index (χ0) is 23.3. The smallest absolute Gasteiger partial charge is 0.269 e. The molecule has 0 radical (unpaired) electrons. The first-order chi connectivity index (χ1) is 15.2. The van der Waals surface area contributed by atoms with E-state index in [4.69, 9.17) is 4.52 Å². The third-order valence-corrected chi connectivity index (χ3v) is 6.10. The van der Waals surface area contributed by atoms with E-state index in [-0.39, 0.29) is 21.4 Å². The van der Waals surface area contributed by atoms with E-state index in [1.807, 2.05) is 12.1 Å². The van der Waals surface area contributed by atoms with Crippen LogP contribution in [-0.4, -0.2) is 19.5 Å². The van der Waals surface area contributed by atoms with Gasteiger partial charge in [0.05, 0.1) is 15.6 Å². The van der Waals surface area contributed by atoms with Crippen LogP contribution in [0.25, 0.3) is 0 Å². The van der Waals surface area contributed by atoms with E-state index < -0.39 is 15.9 Å². The lowest BCUT2D eigenvalue weighted by molar-refractivity contribution is -0.112. The fourth-order valence-electron chi connectivity index (χ4n) is 2.53. The molecule has 0 fully saturated rings. The van der Waals surface area contributed by atoms with Gasteiger partial charge in [-0.05, 0) is 50.2 Å². The van der Waals surface area contributed by atoms with Gasteiger partial charge in [-0.3, -0.25) is 4.79 Å². The van der Waals surface area contributed by atoms with Crippen molar-refractivity contribution in [3.05, 3.63) is 76.5 Å². The number of anilines is 3. The fourth-order valence-corrected chi connectivity index (χ4v) is 3.86. The van der Waals surface area contributed by atoms with E-state index >= 15 is 0 Å². The highest BCUT2D eigenvalue weighted by atomic mass is 32.2. The number of thiol groups is 1. The highest BCUT2D eigenvalue weighted by Gasteiger charge is 2.20. The molecule has 11 heteroatoms. The third-order valence-electron chi connectivity index (χ3n) is 4.42. The van der Waals surface area contributed by atoms with Gasteiger partial charge in [0, 0.05) is 16.9 Å². The number of nitrogens with one attached hydrogen (secondary N) is 3. The summed E-state index contributed by atoms with van der Waals surface area (Å²) >= 11 is 4.22. The maximum absolute atomic E-state index is 12.6. The molecule has 3 rings (SSSR count). The molecule has 1 heterocycles. The molecule has 0 spiro atoms. The van der Waals surface area contributed by atoms with Crippen molar-refractivity contribution in [1.82, 2.24) is 5.16 Å². The van der Waals surface area contributed by atoms with E-state index in [0.717, 1.165) is 0 Å². The Morgan fingerprint density at radius 2 is 1.66 bits per heavy atom. The molecule has 9 nitrogen and oxygen atoms in total. The summed E-state index contributed by atoms with van der Waals surface area (Å²) in [6.07, 6.45) is 0. The first-order valence-electron chi connectivity index (χ1n) is 9.24. The number of sulfonamides is 1. The largest absolute Gasteiger partial charge is 0.349 e. The number of amides is 1. The number of hydrogen-bond donors (Lipinski definition) is 4. The van der Waals surface area contributed by atoms with Gasteiger partial charge < -0.3 is 15.2 Å². The van der Waals surface area contributed by atoms with Gasteiger partial charge in [0.15, 0.2) is 0 Å². The summed E-state index contributed by atoms with van der Waals surface area (Å²) in [5, 5.41) is 18.6. The summed E-state index contributed by atoms with van der Waals surface area (Å²) in [6.45, 7) is 3.38. The van der Waals surface area contributed by atoms with Gasteiger partial charge in [-0.25, -0.2) is 13.1 Å². The SMILES string of the molecule is Cc1noc(NS(=O)(=O)c2ccc(NC(=O)/C(C#N)=C(/S)Nc3ccccc3)cc2)c1C. The standard InChI is InChI=1S/C21H19N5O4S2/c1-13-14(2)25-30-20(13)26-32(28,29)17-10-8-16(9-11-17)23-19(27)18(12-22)21(31)24-15-6-4-3-5-7-15/h3-11,24,26,31H,1-2H3,(H,23,27)/b21-18+. The van der Waals surface area contributed by atoms with Crippen molar-refractivity contribution in [2.45, 2.75) is 18.7 Å². The number of nitrogens with zero attached hydrogens (tertiary/aromatic N) is 2. The van der Waals surface area contributed by atoms with Gasteiger partial charge in [0.2, 0.25) is 5.88 Å². The van der Waals surface area contributed by atoms with E-state index in [0.29, 0.717) is 22.6 Å². The van der Waals surface area contributed by atoms with Crippen molar-refractivity contribution < 1.29 is 17.7 Å². The highest BCUT2D eigenvalue weighted by molar-refractivity contribution is 7.92. The van der Waals surface area contributed by atoms with E-state index in [1.54, 1.807) is 38.1 Å². The predicted octanol–water partition coefficient (Wildman–Crippen LogP) is 3.81. The molecule has 0 bridgehead atoms. The molecule has 32 heavy (non-hydrogen) atoms. The Labute approximate surface area is 190 Å². The first-order valence-corrected chi connectivity index (χ1v) is 11.2. The van der Waals surface area contributed by atoms with Gasteiger partial charge in [0.1, 0.15) is 11.6 Å². The number of benzene rings is 2. The second kappa shape index (κ2) is 9.59. The van der Waals surface area contributed by atoms with Crippen LogP contribution in [0.3, 0.4) is 0 Å². The van der Waals surface area contributed by atoms with Crippen molar-refractivity contribution in [3.63, 3.8) is 0 Å². The average Bonchev–Trinajstić information content (AvgIpc) is 3.07. The van der Waals surface area contributed by atoms with Gasteiger partial charge >= 0.3 is 0 Å². The van der Waals surface area contributed by atoms with Crippen molar-refractivity contribution in [2.24, 2.45) is 0 Å². The van der Waals surface area contributed by atoms with Crippen LogP contribution in [0.4, 0.5) is 17.3 Å². The number of aromatic nitrogens is 1. The number of carbonyl (C=O) groups excluding carboxylic acids is 1. The Morgan fingerprint density at radius 3 is 2.22 bits per heavy atom. The number of rotatable bonds is 7.